The highest BCUT2D eigenvalue weighted by Crippen LogP contribution is 2.36. The minimum atomic E-state index is -0.395. The van der Waals surface area contributed by atoms with E-state index in [4.69, 9.17) is 0 Å². The lowest BCUT2D eigenvalue weighted by Gasteiger charge is -2.27. The number of likely N-dealkylation sites (tertiary alicyclic amines) is 1. The zero-order valence-electron chi connectivity index (χ0n) is 12.2. The van der Waals surface area contributed by atoms with E-state index >= 15 is 0 Å². The Labute approximate surface area is 119 Å². The molecule has 5 heteroatoms. The molecule has 2 fully saturated rings. The van der Waals surface area contributed by atoms with E-state index in [0.717, 1.165) is 12.2 Å². The Kier molecular flexibility index (Phi) is 3.56. The third kappa shape index (κ3) is 2.60. The number of aromatic nitrogens is 1. The molecule has 1 saturated carbocycles. The Morgan fingerprint density at radius 1 is 1.45 bits per heavy atom. The first kappa shape index (κ1) is 13.6. The van der Waals surface area contributed by atoms with Gasteiger partial charge in [0.05, 0.1) is 6.10 Å². The molecule has 0 spiro atoms. The predicted molar refractivity (Wildman–Crippen MR) is 76.7 cm³/mol. The van der Waals surface area contributed by atoms with Gasteiger partial charge in [0, 0.05) is 31.4 Å². The number of hydrogen-bond acceptors (Lipinski definition) is 3. The van der Waals surface area contributed by atoms with Gasteiger partial charge in [-0.05, 0) is 45.5 Å². The van der Waals surface area contributed by atoms with Crippen LogP contribution in [0.3, 0.4) is 0 Å². The maximum atomic E-state index is 12.8. The van der Waals surface area contributed by atoms with Gasteiger partial charge in [0.2, 0.25) is 0 Å². The van der Waals surface area contributed by atoms with Crippen LogP contribution in [0.15, 0.2) is 18.3 Å². The van der Waals surface area contributed by atoms with Crippen molar-refractivity contribution in [2.45, 2.75) is 37.5 Å². The fraction of sp³-hybridized carbons (Fsp3) is 0.667. The highest BCUT2D eigenvalue weighted by Gasteiger charge is 2.37. The van der Waals surface area contributed by atoms with Crippen molar-refractivity contribution in [1.82, 2.24) is 14.4 Å². The zero-order chi connectivity index (χ0) is 14.3. The second-order valence-electron chi connectivity index (χ2n) is 6.29. The Bertz CT molecular complexity index is 493. The Morgan fingerprint density at radius 3 is 2.85 bits per heavy atom. The van der Waals surface area contributed by atoms with Crippen LogP contribution >= 0.6 is 0 Å². The van der Waals surface area contributed by atoms with Gasteiger partial charge in [-0.15, -0.1) is 0 Å². The maximum absolute atomic E-state index is 12.8. The van der Waals surface area contributed by atoms with Crippen LogP contribution in [0.5, 0.6) is 0 Å². The molecule has 2 atom stereocenters. The molecule has 2 aliphatic rings. The van der Waals surface area contributed by atoms with Crippen LogP contribution in [0, 0.1) is 0 Å². The topological polar surface area (TPSA) is 48.7 Å². The number of hydrogen-bond donors (Lipinski definition) is 1. The number of nitrogens with zero attached hydrogens (tertiary/aromatic N) is 3. The van der Waals surface area contributed by atoms with E-state index in [2.05, 4.69) is 9.47 Å². The van der Waals surface area contributed by atoms with E-state index in [9.17, 15) is 9.90 Å². The molecule has 1 aromatic rings. The lowest BCUT2D eigenvalue weighted by Crippen LogP contribution is -2.42. The van der Waals surface area contributed by atoms with Gasteiger partial charge in [0.15, 0.2) is 0 Å². The Hall–Kier alpha value is -1.33. The Balaban J connectivity index is 1.79. The summed E-state index contributed by atoms with van der Waals surface area (Å²) in [6.45, 7) is 1.25. The van der Waals surface area contributed by atoms with Crippen LogP contribution in [0.4, 0.5) is 0 Å². The molecule has 2 unspecified atom stereocenters. The van der Waals surface area contributed by atoms with Crippen LogP contribution in [0.25, 0.3) is 0 Å². The van der Waals surface area contributed by atoms with E-state index in [1.165, 1.54) is 12.8 Å². The van der Waals surface area contributed by atoms with Crippen LogP contribution in [0.1, 0.15) is 35.8 Å². The van der Waals surface area contributed by atoms with Crippen molar-refractivity contribution < 1.29 is 9.90 Å². The van der Waals surface area contributed by atoms with Gasteiger partial charge in [-0.3, -0.25) is 4.79 Å². The highest BCUT2D eigenvalue weighted by molar-refractivity contribution is 5.93. The van der Waals surface area contributed by atoms with E-state index in [1.54, 1.807) is 0 Å². The second kappa shape index (κ2) is 5.22. The van der Waals surface area contributed by atoms with Gasteiger partial charge in [0.25, 0.3) is 5.91 Å². The maximum Gasteiger partial charge on any atom is 0.270 e. The molecule has 0 bridgehead atoms. The normalized spacial score (nSPS) is 26.5. The molecule has 1 N–H and O–H groups in total. The van der Waals surface area contributed by atoms with E-state index < -0.39 is 6.10 Å². The van der Waals surface area contributed by atoms with Crippen molar-refractivity contribution in [2.24, 2.45) is 0 Å². The molecule has 110 valence electrons. The molecular formula is C15H23N3O2. The number of carbonyl (C=O) groups excluding carboxylic acids is 1. The molecule has 0 radical (unpaired) electrons. The molecule has 3 rings (SSSR count). The van der Waals surface area contributed by atoms with Crippen molar-refractivity contribution in [2.75, 3.05) is 27.2 Å². The average Bonchev–Trinajstić information content (AvgIpc) is 2.99. The minimum absolute atomic E-state index is 0.0605. The molecule has 1 aliphatic heterocycles. The van der Waals surface area contributed by atoms with Gasteiger partial charge < -0.3 is 19.5 Å². The fourth-order valence-corrected chi connectivity index (χ4v) is 3.13. The lowest BCUT2D eigenvalue weighted by atomic mass is 10.2. The number of aliphatic hydroxyl groups excluding tert-OH is 1. The molecule has 20 heavy (non-hydrogen) atoms. The largest absolute Gasteiger partial charge is 0.391 e. The van der Waals surface area contributed by atoms with Crippen LogP contribution in [-0.4, -0.2) is 64.7 Å². The summed E-state index contributed by atoms with van der Waals surface area (Å²) in [5.74, 6) is 0.0605. The van der Waals surface area contributed by atoms with Crippen LogP contribution in [0.2, 0.25) is 0 Å². The third-order valence-electron chi connectivity index (χ3n) is 4.17. The zero-order valence-corrected chi connectivity index (χ0v) is 12.2. The van der Waals surface area contributed by atoms with Gasteiger partial charge in [-0.2, -0.15) is 0 Å². The third-order valence-corrected chi connectivity index (χ3v) is 4.17. The quantitative estimate of drug-likeness (QED) is 0.892. The molecule has 1 saturated heterocycles. The van der Waals surface area contributed by atoms with Gasteiger partial charge in [0.1, 0.15) is 5.69 Å². The molecule has 1 aromatic heterocycles. The summed E-state index contributed by atoms with van der Waals surface area (Å²) in [6, 6.07) is 4.45. The molecule has 1 amide bonds. The summed E-state index contributed by atoms with van der Waals surface area (Å²) in [5, 5.41) is 9.90. The van der Waals surface area contributed by atoms with Gasteiger partial charge in [-0.25, -0.2) is 0 Å². The summed E-state index contributed by atoms with van der Waals surface area (Å²) < 4.78 is 2.10. The predicted octanol–water partition coefficient (Wildman–Crippen LogP) is 0.960. The molecule has 1 aliphatic carbocycles. The lowest BCUT2D eigenvalue weighted by molar-refractivity contribution is 0.0688. The SMILES string of the molecule is CN(C)CC1CC(O)CN1C(=O)c1cccn1C1CC1. The van der Waals surface area contributed by atoms with Gasteiger partial charge >= 0.3 is 0 Å². The molecule has 5 nitrogen and oxygen atoms in total. The first-order chi connectivity index (χ1) is 9.56. The Morgan fingerprint density at radius 2 is 2.20 bits per heavy atom. The molecule has 2 heterocycles. The number of rotatable bonds is 4. The molecule has 0 aromatic carbocycles. The number of likely N-dealkylation sites (N-methyl/N-ethyl adjacent to an activating group) is 1. The van der Waals surface area contributed by atoms with Crippen molar-refractivity contribution in [3.8, 4) is 0 Å². The number of aliphatic hydroxyl groups is 1. The molecular weight excluding hydrogens is 254 g/mol. The van der Waals surface area contributed by atoms with E-state index in [0.29, 0.717) is 19.0 Å². The summed E-state index contributed by atoms with van der Waals surface area (Å²) in [4.78, 5) is 16.7. The monoisotopic (exact) mass is 277 g/mol. The van der Waals surface area contributed by atoms with Crippen molar-refractivity contribution in [3.05, 3.63) is 24.0 Å². The standard InChI is InChI=1S/C15H23N3O2/c1-16(2)9-12-8-13(19)10-18(12)15(20)14-4-3-7-17(14)11-5-6-11/h3-4,7,11-13,19H,5-6,8-10H2,1-2H3. The number of amides is 1. The first-order valence-corrected chi connectivity index (χ1v) is 7.37. The highest BCUT2D eigenvalue weighted by atomic mass is 16.3. The van der Waals surface area contributed by atoms with Crippen molar-refractivity contribution in [1.29, 1.82) is 0 Å². The van der Waals surface area contributed by atoms with Crippen molar-refractivity contribution in [3.63, 3.8) is 0 Å². The first-order valence-electron chi connectivity index (χ1n) is 7.37. The fourth-order valence-electron chi connectivity index (χ4n) is 3.13. The number of carbonyl (C=O) groups is 1. The second-order valence-corrected chi connectivity index (χ2v) is 6.29. The smallest absolute Gasteiger partial charge is 0.270 e. The van der Waals surface area contributed by atoms with Gasteiger partial charge in [-0.1, -0.05) is 0 Å². The average molecular weight is 277 g/mol. The van der Waals surface area contributed by atoms with Crippen LogP contribution in [-0.2, 0) is 0 Å². The summed E-state index contributed by atoms with van der Waals surface area (Å²) in [7, 11) is 4.00. The van der Waals surface area contributed by atoms with Crippen molar-refractivity contribution >= 4 is 5.91 Å². The summed E-state index contributed by atoms with van der Waals surface area (Å²) in [6.07, 6.45) is 4.61. The van der Waals surface area contributed by atoms with E-state index in [1.807, 2.05) is 37.3 Å². The number of β-amino-alcohol motifs (C(OH)–C–C–N with tert-alkyl or cyclic N) is 1. The van der Waals surface area contributed by atoms with E-state index in [-0.39, 0.29) is 11.9 Å². The summed E-state index contributed by atoms with van der Waals surface area (Å²) in [5.41, 5.74) is 0.769. The van der Waals surface area contributed by atoms with Crippen LogP contribution < -0.4 is 0 Å². The summed E-state index contributed by atoms with van der Waals surface area (Å²) >= 11 is 0. The minimum Gasteiger partial charge on any atom is -0.391 e.